The Bertz CT molecular complexity index is 2190. The van der Waals surface area contributed by atoms with Crippen LogP contribution in [0, 0.1) is 0 Å². The average Bonchev–Trinajstić information content (AvgIpc) is 3.84. The SMILES string of the molecule is C1=Cc2nc1c(-c1ccncc1)c1ccc([nH]1)c(-c1ccccn1)c1ccc([nH]1)c(-c1ccncc1)c1ccc2[nH]1. The molecule has 0 aromatic carbocycles. The molecule has 0 unspecified atom stereocenters. The van der Waals surface area contributed by atoms with Gasteiger partial charge in [-0.25, -0.2) is 4.98 Å². The van der Waals surface area contributed by atoms with Crippen molar-refractivity contribution in [3.8, 4) is 33.5 Å². The Kier molecular flexibility index (Phi) is 5.31. The summed E-state index contributed by atoms with van der Waals surface area (Å²) >= 11 is 0. The van der Waals surface area contributed by atoms with Crippen molar-refractivity contribution in [3.05, 3.63) is 121 Å². The van der Waals surface area contributed by atoms with Crippen LogP contribution >= 0.6 is 0 Å². The predicted octanol–water partition coefficient (Wildman–Crippen LogP) is 7.88. The summed E-state index contributed by atoms with van der Waals surface area (Å²) in [6, 6.07) is 26.7. The molecule has 0 spiro atoms. The van der Waals surface area contributed by atoms with E-state index in [2.05, 4.69) is 73.5 Å². The van der Waals surface area contributed by atoms with Crippen molar-refractivity contribution in [2.45, 2.75) is 0 Å². The molecule has 194 valence electrons. The summed E-state index contributed by atoms with van der Waals surface area (Å²) in [5.74, 6) is 0. The van der Waals surface area contributed by atoms with Crippen LogP contribution in [0.2, 0.25) is 0 Å². The van der Waals surface area contributed by atoms with Crippen LogP contribution in [0.5, 0.6) is 0 Å². The zero-order chi connectivity index (χ0) is 27.2. The summed E-state index contributed by atoms with van der Waals surface area (Å²) in [5, 5.41) is 0. The van der Waals surface area contributed by atoms with Crippen molar-refractivity contribution in [2.24, 2.45) is 0 Å². The molecule has 3 N–H and O–H groups in total. The van der Waals surface area contributed by atoms with Gasteiger partial charge in [0.05, 0.1) is 33.6 Å². The van der Waals surface area contributed by atoms with Crippen LogP contribution in [0.1, 0.15) is 11.4 Å². The van der Waals surface area contributed by atoms with Gasteiger partial charge in [-0.1, -0.05) is 6.07 Å². The van der Waals surface area contributed by atoms with Gasteiger partial charge in [-0.15, -0.1) is 0 Å². The fourth-order valence-electron chi connectivity index (χ4n) is 5.58. The average molecular weight is 530 g/mol. The minimum atomic E-state index is 0.866. The van der Waals surface area contributed by atoms with Gasteiger partial charge in [0.15, 0.2) is 0 Å². The van der Waals surface area contributed by atoms with Crippen molar-refractivity contribution in [2.75, 3.05) is 0 Å². The van der Waals surface area contributed by atoms with Gasteiger partial charge in [0.2, 0.25) is 0 Å². The normalized spacial score (nSPS) is 11.8. The van der Waals surface area contributed by atoms with Crippen molar-refractivity contribution in [1.29, 1.82) is 0 Å². The number of hydrogen-bond acceptors (Lipinski definition) is 4. The lowest BCUT2D eigenvalue weighted by atomic mass is 10.1. The lowest BCUT2D eigenvalue weighted by Gasteiger charge is -2.04. The maximum absolute atomic E-state index is 5.09. The van der Waals surface area contributed by atoms with E-state index in [1.54, 1.807) is 0 Å². The molecule has 8 bridgehead atoms. The second-order valence-corrected chi connectivity index (χ2v) is 9.88. The minimum Gasteiger partial charge on any atom is -0.354 e. The van der Waals surface area contributed by atoms with Gasteiger partial charge in [-0.3, -0.25) is 15.0 Å². The molecule has 0 fully saturated rings. The second kappa shape index (κ2) is 9.43. The lowest BCUT2D eigenvalue weighted by molar-refractivity contribution is 1.30. The van der Waals surface area contributed by atoms with Gasteiger partial charge < -0.3 is 15.0 Å². The lowest BCUT2D eigenvalue weighted by Crippen LogP contribution is -1.87. The van der Waals surface area contributed by atoms with Crippen molar-refractivity contribution < 1.29 is 0 Å². The first-order valence-corrected chi connectivity index (χ1v) is 13.4. The summed E-state index contributed by atoms with van der Waals surface area (Å²) in [6.07, 6.45) is 13.2. The van der Waals surface area contributed by atoms with E-state index >= 15 is 0 Å². The van der Waals surface area contributed by atoms with Crippen LogP contribution in [0.3, 0.4) is 0 Å². The number of aromatic nitrogens is 7. The molecule has 7 aromatic rings. The Morgan fingerprint density at radius 3 is 1.54 bits per heavy atom. The summed E-state index contributed by atoms with van der Waals surface area (Å²) in [7, 11) is 0. The van der Waals surface area contributed by atoms with E-state index in [1.165, 1.54) is 0 Å². The maximum atomic E-state index is 5.09. The van der Waals surface area contributed by atoms with Crippen LogP contribution < -0.4 is 0 Å². The third-order valence-electron chi connectivity index (χ3n) is 7.44. The molecule has 0 saturated carbocycles. The Morgan fingerprint density at radius 2 is 0.927 bits per heavy atom. The molecule has 0 atom stereocenters. The molecule has 7 nitrogen and oxygen atoms in total. The highest BCUT2D eigenvalue weighted by Gasteiger charge is 2.15. The molecule has 7 aromatic heterocycles. The van der Waals surface area contributed by atoms with Gasteiger partial charge in [-0.2, -0.15) is 0 Å². The maximum Gasteiger partial charge on any atom is 0.0872 e. The first-order chi connectivity index (χ1) is 20.3. The summed E-state index contributed by atoms with van der Waals surface area (Å²) in [6.45, 7) is 0. The third-order valence-corrected chi connectivity index (χ3v) is 7.44. The first kappa shape index (κ1) is 23.1. The van der Waals surface area contributed by atoms with Crippen LogP contribution in [0.25, 0.3) is 78.8 Å². The molecular formula is C34H23N7. The van der Waals surface area contributed by atoms with E-state index < -0.39 is 0 Å². The zero-order valence-electron chi connectivity index (χ0n) is 21.8. The molecule has 0 aliphatic carbocycles. The van der Waals surface area contributed by atoms with E-state index in [0.717, 1.165) is 78.0 Å². The number of H-pyrrole nitrogens is 3. The zero-order valence-corrected chi connectivity index (χ0v) is 21.8. The first-order valence-electron chi connectivity index (χ1n) is 13.4. The van der Waals surface area contributed by atoms with Gasteiger partial charge in [-0.05, 0) is 96.1 Å². The van der Waals surface area contributed by atoms with Crippen molar-refractivity contribution in [3.63, 3.8) is 0 Å². The van der Waals surface area contributed by atoms with Gasteiger partial charge >= 0.3 is 0 Å². The Hall–Kier alpha value is -5.82. The number of rotatable bonds is 3. The third kappa shape index (κ3) is 3.99. The number of aromatic amines is 3. The fraction of sp³-hybridized carbons (Fsp3) is 0. The largest absolute Gasteiger partial charge is 0.354 e. The topological polar surface area (TPSA) is 98.9 Å². The van der Waals surface area contributed by atoms with Crippen molar-refractivity contribution in [1.82, 2.24) is 34.9 Å². The molecule has 0 amide bonds. The molecule has 7 heteroatoms. The highest BCUT2D eigenvalue weighted by atomic mass is 14.8. The van der Waals surface area contributed by atoms with Gasteiger partial charge in [0.25, 0.3) is 0 Å². The number of nitrogens with one attached hydrogen (secondary N) is 3. The second-order valence-electron chi connectivity index (χ2n) is 9.88. The Labute approximate surface area is 234 Å². The monoisotopic (exact) mass is 529 g/mol. The highest BCUT2D eigenvalue weighted by Crippen LogP contribution is 2.35. The van der Waals surface area contributed by atoms with Crippen LogP contribution in [0.4, 0.5) is 0 Å². The van der Waals surface area contributed by atoms with E-state index in [4.69, 9.17) is 9.97 Å². The molecular weight excluding hydrogens is 506 g/mol. The quantitative estimate of drug-likeness (QED) is 0.217. The number of hydrogen-bond donors (Lipinski definition) is 3. The highest BCUT2D eigenvalue weighted by molar-refractivity contribution is 5.99. The predicted molar refractivity (Wildman–Crippen MR) is 165 cm³/mol. The molecule has 0 radical (unpaired) electrons. The van der Waals surface area contributed by atoms with Gasteiger partial charge in [0.1, 0.15) is 0 Å². The van der Waals surface area contributed by atoms with Crippen LogP contribution in [-0.4, -0.2) is 34.9 Å². The standard InChI is InChI=1S/C34H23N7/c1-2-16-37-25(3-1)34-30-10-8-28(40-30)32(21-12-17-35-18-13-21)26-6-4-23(38-26)24-5-7-27(39-24)33(22-14-19-36-20-15-22)29-9-11-31(34)41-29/h1-20,38,40-41H. The molecule has 0 saturated heterocycles. The smallest absolute Gasteiger partial charge is 0.0872 e. The van der Waals surface area contributed by atoms with Gasteiger partial charge in [0, 0.05) is 64.2 Å². The molecule has 41 heavy (non-hydrogen) atoms. The van der Waals surface area contributed by atoms with E-state index in [1.807, 2.05) is 73.4 Å². The molecule has 8 heterocycles. The Balaban J connectivity index is 1.58. The summed E-state index contributed by atoms with van der Waals surface area (Å²) < 4.78 is 0. The van der Waals surface area contributed by atoms with Crippen LogP contribution in [0.15, 0.2) is 110 Å². The number of fused-ring (bicyclic) bond motifs is 9. The summed E-state index contributed by atoms with van der Waals surface area (Å²) in [4.78, 5) is 29.4. The van der Waals surface area contributed by atoms with Crippen molar-refractivity contribution >= 4 is 45.3 Å². The van der Waals surface area contributed by atoms with E-state index in [-0.39, 0.29) is 0 Å². The van der Waals surface area contributed by atoms with Crippen LogP contribution in [-0.2, 0) is 0 Å². The molecule has 1 aliphatic rings. The molecule has 8 rings (SSSR count). The fourth-order valence-corrected chi connectivity index (χ4v) is 5.58. The van der Waals surface area contributed by atoms with E-state index in [9.17, 15) is 0 Å². The Morgan fingerprint density at radius 1 is 0.415 bits per heavy atom. The number of nitrogens with zero attached hydrogens (tertiary/aromatic N) is 4. The van der Waals surface area contributed by atoms with E-state index in [0.29, 0.717) is 0 Å². The summed E-state index contributed by atoms with van der Waals surface area (Å²) in [5.41, 5.74) is 13.5. The minimum absolute atomic E-state index is 0.866. The molecule has 1 aliphatic heterocycles. The number of pyridine rings is 3.